The third kappa shape index (κ3) is 4.28. The molecule has 0 bridgehead atoms. The number of likely N-dealkylation sites (tertiary alicyclic amines) is 1. The van der Waals surface area contributed by atoms with E-state index in [1.807, 2.05) is 24.0 Å². The number of aromatic nitrogens is 4. The average Bonchev–Trinajstić information content (AvgIpc) is 3.09. The Hall–Kier alpha value is -2.44. The normalized spacial score (nSPS) is 15.6. The van der Waals surface area contributed by atoms with E-state index in [9.17, 15) is 4.79 Å². The predicted octanol–water partition coefficient (Wildman–Crippen LogP) is 1.44. The van der Waals surface area contributed by atoms with Crippen LogP contribution in [0.5, 0.6) is 5.88 Å². The van der Waals surface area contributed by atoms with Gasteiger partial charge in [0, 0.05) is 44.6 Å². The van der Waals surface area contributed by atoms with Crippen molar-refractivity contribution in [2.75, 3.05) is 13.1 Å². The van der Waals surface area contributed by atoms with Gasteiger partial charge in [0.15, 0.2) is 0 Å². The molecular weight excluding hydrogens is 294 g/mol. The topological polar surface area (TPSA) is 73.1 Å². The van der Waals surface area contributed by atoms with Crippen LogP contribution in [0.15, 0.2) is 31.0 Å². The van der Waals surface area contributed by atoms with Gasteiger partial charge in [-0.2, -0.15) is 5.10 Å². The van der Waals surface area contributed by atoms with E-state index >= 15 is 0 Å². The van der Waals surface area contributed by atoms with Gasteiger partial charge in [-0.3, -0.25) is 9.48 Å². The van der Waals surface area contributed by atoms with Crippen molar-refractivity contribution in [3.8, 4) is 5.88 Å². The Kier molecular flexibility index (Phi) is 4.85. The molecule has 2 aromatic rings. The van der Waals surface area contributed by atoms with Gasteiger partial charge in [-0.15, -0.1) is 0 Å². The van der Waals surface area contributed by atoms with E-state index in [1.165, 1.54) is 6.33 Å². The monoisotopic (exact) mass is 315 g/mol. The zero-order valence-corrected chi connectivity index (χ0v) is 13.3. The minimum atomic E-state index is 0.129. The highest BCUT2D eigenvalue weighted by Gasteiger charge is 2.24. The summed E-state index contributed by atoms with van der Waals surface area (Å²) < 4.78 is 7.56. The van der Waals surface area contributed by atoms with Crippen LogP contribution >= 0.6 is 0 Å². The number of nitrogens with zero attached hydrogens (tertiary/aromatic N) is 5. The summed E-state index contributed by atoms with van der Waals surface area (Å²) in [5.41, 5.74) is 1.12. The van der Waals surface area contributed by atoms with Crippen LogP contribution in [0.25, 0.3) is 0 Å². The van der Waals surface area contributed by atoms with Crippen LogP contribution in [-0.2, 0) is 11.3 Å². The van der Waals surface area contributed by atoms with Gasteiger partial charge in [-0.05, 0) is 12.5 Å². The Balaban J connectivity index is 1.42. The second kappa shape index (κ2) is 7.21. The summed E-state index contributed by atoms with van der Waals surface area (Å²) in [7, 11) is 0. The van der Waals surface area contributed by atoms with E-state index < -0.39 is 0 Å². The summed E-state index contributed by atoms with van der Waals surface area (Å²) in [4.78, 5) is 22.2. The van der Waals surface area contributed by atoms with Crippen molar-refractivity contribution in [1.82, 2.24) is 24.6 Å². The van der Waals surface area contributed by atoms with Gasteiger partial charge >= 0.3 is 0 Å². The molecule has 1 aliphatic rings. The van der Waals surface area contributed by atoms with Crippen molar-refractivity contribution in [3.05, 3.63) is 36.5 Å². The van der Waals surface area contributed by atoms with Gasteiger partial charge in [0.1, 0.15) is 18.8 Å². The molecule has 0 radical (unpaired) electrons. The number of aryl methyl sites for hydroxylation is 2. The Morgan fingerprint density at radius 1 is 1.35 bits per heavy atom. The molecule has 23 heavy (non-hydrogen) atoms. The maximum atomic E-state index is 12.2. The van der Waals surface area contributed by atoms with Gasteiger partial charge in [0.05, 0.1) is 6.54 Å². The molecule has 2 aromatic heterocycles. The summed E-state index contributed by atoms with van der Waals surface area (Å²) in [5, 5.41) is 4.01. The first-order valence-corrected chi connectivity index (χ1v) is 7.90. The molecule has 0 aliphatic carbocycles. The number of carbonyl (C=O) groups is 1. The quantitative estimate of drug-likeness (QED) is 0.835. The molecule has 3 heterocycles. The van der Waals surface area contributed by atoms with Crippen molar-refractivity contribution in [2.24, 2.45) is 0 Å². The van der Waals surface area contributed by atoms with Crippen LogP contribution < -0.4 is 4.74 Å². The first-order valence-electron chi connectivity index (χ1n) is 7.90. The Labute approximate surface area is 135 Å². The number of rotatable bonds is 5. The summed E-state index contributed by atoms with van der Waals surface area (Å²) in [6, 6.07) is 3.89. The Morgan fingerprint density at radius 2 is 2.17 bits per heavy atom. The second-order valence-electron chi connectivity index (χ2n) is 5.78. The lowest BCUT2D eigenvalue weighted by atomic mass is 10.1. The molecule has 3 rings (SSSR count). The van der Waals surface area contributed by atoms with Crippen LogP contribution in [0, 0.1) is 6.92 Å². The van der Waals surface area contributed by atoms with Crippen molar-refractivity contribution < 1.29 is 9.53 Å². The average molecular weight is 315 g/mol. The van der Waals surface area contributed by atoms with Gasteiger partial charge in [0.2, 0.25) is 11.8 Å². The third-order valence-electron chi connectivity index (χ3n) is 3.99. The highest BCUT2D eigenvalue weighted by atomic mass is 16.5. The van der Waals surface area contributed by atoms with Crippen LogP contribution in [0.1, 0.15) is 24.8 Å². The van der Waals surface area contributed by atoms with E-state index in [4.69, 9.17) is 4.74 Å². The molecule has 0 aromatic carbocycles. The zero-order valence-electron chi connectivity index (χ0n) is 13.3. The highest BCUT2D eigenvalue weighted by molar-refractivity contribution is 5.76. The van der Waals surface area contributed by atoms with Crippen molar-refractivity contribution in [3.63, 3.8) is 0 Å². The smallest absolute Gasteiger partial charge is 0.224 e. The second-order valence-corrected chi connectivity index (χ2v) is 5.78. The molecule has 1 amide bonds. The van der Waals surface area contributed by atoms with E-state index in [0.29, 0.717) is 18.8 Å². The van der Waals surface area contributed by atoms with Crippen molar-refractivity contribution in [2.45, 2.75) is 38.8 Å². The first kappa shape index (κ1) is 15.5. The molecule has 1 fully saturated rings. The zero-order chi connectivity index (χ0) is 16.1. The number of amides is 1. The Bertz CT molecular complexity index is 618. The lowest BCUT2D eigenvalue weighted by Gasteiger charge is -2.32. The molecule has 0 saturated carbocycles. The number of carbonyl (C=O) groups excluding carboxylic acids is 1. The fraction of sp³-hybridized carbons (Fsp3) is 0.500. The summed E-state index contributed by atoms with van der Waals surface area (Å²) in [6.07, 6.45) is 7.17. The van der Waals surface area contributed by atoms with Gasteiger partial charge in [-0.1, -0.05) is 6.07 Å². The number of hydrogen-bond donors (Lipinski definition) is 0. The summed E-state index contributed by atoms with van der Waals surface area (Å²) >= 11 is 0. The van der Waals surface area contributed by atoms with Crippen LogP contribution in [-0.4, -0.2) is 49.7 Å². The summed E-state index contributed by atoms with van der Waals surface area (Å²) in [6.45, 7) is 4.03. The fourth-order valence-electron chi connectivity index (χ4n) is 2.63. The minimum Gasteiger partial charge on any atom is -0.474 e. The minimum absolute atomic E-state index is 0.129. The maximum Gasteiger partial charge on any atom is 0.224 e. The predicted molar refractivity (Wildman–Crippen MR) is 83.8 cm³/mol. The number of piperidine rings is 1. The van der Waals surface area contributed by atoms with E-state index in [0.717, 1.165) is 31.5 Å². The SMILES string of the molecule is Cc1ccc(OC2CCN(C(=O)CCn3cncn3)CC2)nc1. The number of hydrogen-bond acceptors (Lipinski definition) is 5. The van der Waals surface area contributed by atoms with Crippen LogP contribution in [0.4, 0.5) is 0 Å². The molecule has 1 aliphatic heterocycles. The third-order valence-corrected chi connectivity index (χ3v) is 3.99. The molecule has 0 atom stereocenters. The number of ether oxygens (including phenoxy) is 1. The molecule has 0 N–H and O–H groups in total. The lowest BCUT2D eigenvalue weighted by molar-refractivity contribution is -0.133. The van der Waals surface area contributed by atoms with Gasteiger partial charge in [-0.25, -0.2) is 9.97 Å². The van der Waals surface area contributed by atoms with Crippen molar-refractivity contribution in [1.29, 1.82) is 0 Å². The molecule has 122 valence electrons. The van der Waals surface area contributed by atoms with Crippen molar-refractivity contribution >= 4 is 5.91 Å². The van der Waals surface area contributed by atoms with E-state index in [-0.39, 0.29) is 12.0 Å². The largest absolute Gasteiger partial charge is 0.474 e. The molecule has 7 heteroatoms. The molecule has 0 spiro atoms. The number of pyridine rings is 1. The van der Waals surface area contributed by atoms with Gasteiger partial charge < -0.3 is 9.64 Å². The van der Waals surface area contributed by atoms with Crippen LogP contribution in [0.3, 0.4) is 0 Å². The molecule has 0 unspecified atom stereocenters. The standard InChI is InChI=1S/C16H21N5O2/c1-13-2-3-15(18-10-13)23-14-4-7-20(8-5-14)16(22)6-9-21-12-17-11-19-21/h2-3,10-12,14H,4-9H2,1H3. The first-order chi connectivity index (χ1) is 11.2. The molecule has 1 saturated heterocycles. The lowest BCUT2D eigenvalue weighted by Crippen LogP contribution is -2.42. The van der Waals surface area contributed by atoms with E-state index in [1.54, 1.807) is 17.2 Å². The molecule has 7 nitrogen and oxygen atoms in total. The molecular formula is C16H21N5O2. The maximum absolute atomic E-state index is 12.2. The Morgan fingerprint density at radius 3 is 2.83 bits per heavy atom. The fourth-order valence-corrected chi connectivity index (χ4v) is 2.63. The highest BCUT2D eigenvalue weighted by Crippen LogP contribution is 2.18. The van der Waals surface area contributed by atoms with E-state index in [2.05, 4.69) is 15.1 Å². The summed E-state index contributed by atoms with van der Waals surface area (Å²) in [5.74, 6) is 0.818. The van der Waals surface area contributed by atoms with Gasteiger partial charge in [0.25, 0.3) is 0 Å². The van der Waals surface area contributed by atoms with Crippen LogP contribution in [0.2, 0.25) is 0 Å².